The maximum Gasteiger partial charge on any atom is 0.418 e. The number of aromatic nitrogens is 1. The van der Waals surface area contributed by atoms with Crippen LogP contribution in [0.15, 0.2) is 72.4 Å². The van der Waals surface area contributed by atoms with Gasteiger partial charge < -0.3 is 18.8 Å². The lowest BCUT2D eigenvalue weighted by Gasteiger charge is -2.16. The zero-order valence-electron chi connectivity index (χ0n) is 22.3. The number of anilines is 1. The Labute approximate surface area is 226 Å². The summed E-state index contributed by atoms with van der Waals surface area (Å²) in [6.07, 6.45) is -2.99. The molecule has 3 aromatic rings. The molecule has 0 radical (unpaired) electrons. The minimum atomic E-state index is -4.67. The molecule has 0 aliphatic rings. The van der Waals surface area contributed by atoms with Crippen LogP contribution < -0.4 is 14.8 Å². The van der Waals surface area contributed by atoms with Gasteiger partial charge >= 0.3 is 12.3 Å². The van der Waals surface area contributed by atoms with Crippen LogP contribution in [0.4, 0.5) is 29.5 Å². The van der Waals surface area contributed by atoms with Crippen molar-refractivity contribution in [3.63, 3.8) is 0 Å². The van der Waals surface area contributed by atoms with Gasteiger partial charge in [-0.15, -0.1) is 0 Å². The largest absolute Gasteiger partial charge is 0.457 e. The number of nitrogens with one attached hydrogen (secondary N) is 1. The number of halogens is 3. The Morgan fingerprint density at radius 1 is 1.05 bits per heavy atom. The average Bonchev–Trinajstić information content (AvgIpc) is 3.22. The highest BCUT2D eigenvalue weighted by Crippen LogP contribution is 2.41. The summed E-state index contributed by atoms with van der Waals surface area (Å²) >= 11 is 0. The molecule has 0 spiro atoms. The second kappa shape index (κ2) is 12.8. The Morgan fingerprint density at radius 3 is 2.28 bits per heavy atom. The molecule has 39 heavy (non-hydrogen) atoms. The van der Waals surface area contributed by atoms with Crippen molar-refractivity contribution < 1.29 is 32.2 Å². The van der Waals surface area contributed by atoms with Crippen LogP contribution in [0.3, 0.4) is 0 Å². The lowest BCUT2D eigenvalue weighted by molar-refractivity contribution is -0.137. The molecule has 0 aliphatic heterocycles. The number of hydrogen-bond acceptors (Lipinski definition) is 5. The molecule has 0 unspecified atom stereocenters. The summed E-state index contributed by atoms with van der Waals surface area (Å²) in [5.41, 5.74) is -0.797. The van der Waals surface area contributed by atoms with Gasteiger partial charge in [-0.05, 0) is 49.4 Å². The Kier molecular flexibility index (Phi) is 9.76. The second-order valence-corrected chi connectivity index (χ2v) is 15.4. The van der Waals surface area contributed by atoms with E-state index in [1.807, 2.05) is 0 Å². The zero-order valence-corrected chi connectivity index (χ0v) is 23.3. The summed E-state index contributed by atoms with van der Waals surface area (Å²) < 4.78 is 59.9. The van der Waals surface area contributed by atoms with Gasteiger partial charge in [-0.2, -0.15) is 13.2 Å². The van der Waals surface area contributed by atoms with Crippen molar-refractivity contribution in [2.45, 2.75) is 45.5 Å². The Hall–Kier alpha value is -3.83. The van der Waals surface area contributed by atoms with Crippen molar-refractivity contribution in [2.75, 3.05) is 11.9 Å². The minimum absolute atomic E-state index is 0.0322. The molecule has 0 saturated heterocycles. The van der Waals surface area contributed by atoms with Crippen LogP contribution in [0.2, 0.25) is 25.7 Å². The molecule has 1 amide bonds. The molecule has 0 bridgehead atoms. The fourth-order valence-corrected chi connectivity index (χ4v) is 4.23. The standard InChI is InChI=1S/C28H32F3N3O4Si/c1-6-32-26-25(24(28(29,30)31)18-34(26)19-36-16-17-39(3,4)5)20(2)37-23-14-12-21(13-15-23)33-27(35)38-22-10-8-7-9-11-22/h6-15,18H,2,16-17,19H2,1,3-5H3,(H,33,35). The van der Waals surface area contributed by atoms with Crippen molar-refractivity contribution in [1.82, 2.24) is 4.57 Å². The lowest BCUT2D eigenvalue weighted by atomic mass is 10.1. The summed E-state index contributed by atoms with van der Waals surface area (Å²) in [7, 11) is -1.36. The molecule has 0 fully saturated rings. The quantitative estimate of drug-likeness (QED) is 0.111. The second-order valence-electron chi connectivity index (χ2n) is 9.82. The van der Waals surface area contributed by atoms with Crippen molar-refractivity contribution in [1.29, 1.82) is 0 Å². The minimum Gasteiger partial charge on any atom is -0.457 e. The summed E-state index contributed by atoms with van der Waals surface area (Å²) in [5.74, 6) is 0.407. The molecule has 7 nitrogen and oxygen atoms in total. The van der Waals surface area contributed by atoms with E-state index in [0.29, 0.717) is 18.0 Å². The monoisotopic (exact) mass is 559 g/mol. The number of alkyl halides is 3. The van der Waals surface area contributed by atoms with Crippen molar-refractivity contribution in [2.24, 2.45) is 4.99 Å². The number of hydrogen-bond donors (Lipinski definition) is 1. The lowest BCUT2D eigenvalue weighted by Crippen LogP contribution is -2.22. The van der Waals surface area contributed by atoms with E-state index in [2.05, 4.69) is 36.5 Å². The van der Waals surface area contributed by atoms with Crippen molar-refractivity contribution in [3.8, 4) is 11.5 Å². The summed E-state index contributed by atoms with van der Waals surface area (Å²) in [4.78, 5) is 16.3. The van der Waals surface area contributed by atoms with Crippen LogP contribution in [0, 0.1) is 0 Å². The fraction of sp³-hybridized carbons (Fsp3) is 0.286. The van der Waals surface area contributed by atoms with Crippen LogP contribution in [0.1, 0.15) is 18.1 Å². The highest BCUT2D eigenvalue weighted by Gasteiger charge is 2.38. The number of benzene rings is 2. The predicted octanol–water partition coefficient (Wildman–Crippen LogP) is 8.20. The van der Waals surface area contributed by atoms with Crippen molar-refractivity contribution >= 4 is 37.6 Å². The third-order valence-corrected chi connectivity index (χ3v) is 7.11. The molecular weight excluding hydrogens is 527 g/mol. The Balaban J connectivity index is 1.75. The van der Waals surface area contributed by atoms with Gasteiger partial charge in [0.15, 0.2) is 0 Å². The number of carbonyl (C=O) groups excluding carboxylic acids is 1. The van der Waals surface area contributed by atoms with Crippen LogP contribution in [0.5, 0.6) is 11.5 Å². The van der Waals surface area contributed by atoms with Gasteiger partial charge in [0.05, 0.1) is 11.1 Å². The van der Waals surface area contributed by atoms with E-state index in [1.165, 1.54) is 35.0 Å². The van der Waals surface area contributed by atoms with E-state index in [0.717, 1.165) is 12.2 Å². The fourth-order valence-electron chi connectivity index (χ4n) is 3.47. The first-order valence-electron chi connectivity index (χ1n) is 12.2. The molecule has 1 heterocycles. The summed E-state index contributed by atoms with van der Waals surface area (Å²) in [6, 6.07) is 15.5. The molecule has 11 heteroatoms. The van der Waals surface area contributed by atoms with E-state index >= 15 is 0 Å². The highest BCUT2D eigenvalue weighted by molar-refractivity contribution is 6.76. The third-order valence-electron chi connectivity index (χ3n) is 5.41. The molecule has 1 aromatic heterocycles. The van der Waals surface area contributed by atoms with Gasteiger partial charge in [0.2, 0.25) is 0 Å². The third kappa shape index (κ3) is 8.86. The zero-order chi connectivity index (χ0) is 28.6. The first-order chi connectivity index (χ1) is 18.4. The maximum absolute atomic E-state index is 14.0. The molecule has 0 atom stereocenters. The van der Waals surface area contributed by atoms with Crippen molar-refractivity contribution in [3.05, 3.63) is 78.5 Å². The van der Waals surface area contributed by atoms with E-state index in [9.17, 15) is 18.0 Å². The Bertz CT molecular complexity index is 1300. The summed E-state index contributed by atoms with van der Waals surface area (Å²) in [6.45, 7) is 12.3. The normalized spacial score (nSPS) is 12.0. The first-order valence-corrected chi connectivity index (χ1v) is 16.0. The predicted molar refractivity (Wildman–Crippen MR) is 150 cm³/mol. The number of carbonyl (C=O) groups is 1. The SMILES string of the molecule is C=C(Oc1ccc(NC(=O)Oc2ccccc2)cc1)c1c(C(F)(F)F)cn(COCC[Si](C)(C)C)c1N=CC. The number of nitrogens with zero attached hydrogens (tertiary/aromatic N) is 2. The molecule has 208 valence electrons. The van der Waals surface area contributed by atoms with E-state index < -0.39 is 25.9 Å². The molecule has 0 saturated carbocycles. The van der Waals surface area contributed by atoms with Crippen LogP contribution in [-0.2, 0) is 17.6 Å². The van der Waals surface area contributed by atoms with Gasteiger partial charge in [-0.1, -0.05) is 44.4 Å². The smallest absolute Gasteiger partial charge is 0.418 e. The number of aliphatic imine (C=N–C) groups is 1. The maximum atomic E-state index is 14.0. The number of para-hydroxylation sites is 1. The molecule has 0 aliphatic carbocycles. The highest BCUT2D eigenvalue weighted by atomic mass is 28.3. The van der Waals surface area contributed by atoms with Crippen LogP contribution in [-0.4, -0.2) is 31.6 Å². The van der Waals surface area contributed by atoms with E-state index in [4.69, 9.17) is 14.2 Å². The van der Waals surface area contributed by atoms with Gasteiger partial charge in [0, 0.05) is 32.8 Å². The topological polar surface area (TPSA) is 74.1 Å². The molecule has 3 rings (SSSR count). The van der Waals surface area contributed by atoms with Crippen LogP contribution >= 0.6 is 0 Å². The van der Waals surface area contributed by atoms with Gasteiger partial charge in [0.1, 0.15) is 29.8 Å². The number of amides is 1. The van der Waals surface area contributed by atoms with Gasteiger partial charge in [-0.3, -0.25) is 5.32 Å². The van der Waals surface area contributed by atoms with E-state index in [1.54, 1.807) is 37.3 Å². The molecular formula is C28H32F3N3O4Si. The molecule has 1 N–H and O–H groups in total. The summed E-state index contributed by atoms with van der Waals surface area (Å²) in [5, 5.41) is 2.57. The van der Waals surface area contributed by atoms with Gasteiger partial charge in [-0.25, -0.2) is 9.79 Å². The van der Waals surface area contributed by atoms with E-state index in [-0.39, 0.29) is 29.6 Å². The number of rotatable bonds is 11. The average molecular weight is 560 g/mol. The first kappa shape index (κ1) is 29.7. The van der Waals surface area contributed by atoms with Gasteiger partial charge in [0.25, 0.3) is 0 Å². The Morgan fingerprint density at radius 2 is 1.69 bits per heavy atom. The number of ether oxygens (including phenoxy) is 3. The molecule has 2 aromatic carbocycles. The van der Waals surface area contributed by atoms with Crippen LogP contribution in [0.25, 0.3) is 5.76 Å².